The highest BCUT2D eigenvalue weighted by atomic mass is 19.1. The van der Waals surface area contributed by atoms with E-state index >= 15 is 0 Å². The van der Waals surface area contributed by atoms with Crippen molar-refractivity contribution < 1.29 is 4.39 Å². The van der Waals surface area contributed by atoms with Crippen molar-refractivity contribution >= 4 is 17.4 Å². The summed E-state index contributed by atoms with van der Waals surface area (Å²) in [6.45, 7) is 3.39. The Labute approximate surface area is 166 Å². The number of amidine groups is 2. The first-order chi connectivity index (χ1) is 13.6. The number of hydrogen-bond donors (Lipinski definition) is 3. The van der Waals surface area contributed by atoms with Gasteiger partial charge in [0.1, 0.15) is 17.5 Å². The van der Waals surface area contributed by atoms with Crippen molar-refractivity contribution in [2.24, 2.45) is 5.92 Å². The second-order valence-electron chi connectivity index (χ2n) is 7.41. The average Bonchev–Trinajstić information content (AvgIpc) is 2.87. The number of aryl methyl sites for hydroxylation is 1. The Bertz CT molecular complexity index is 815. The molecule has 1 aliphatic heterocycles. The summed E-state index contributed by atoms with van der Waals surface area (Å²) in [5, 5.41) is 20.3. The Morgan fingerprint density at radius 3 is 2.61 bits per heavy atom. The van der Waals surface area contributed by atoms with Gasteiger partial charge in [-0.3, -0.25) is 20.7 Å². The first-order valence-electron chi connectivity index (χ1n) is 9.88. The molecular weight excluding hydrogens is 353 g/mol. The number of aromatic nitrogens is 1. The van der Waals surface area contributed by atoms with Crippen molar-refractivity contribution in [3.63, 3.8) is 0 Å². The van der Waals surface area contributed by atoms with Gasteiger partial charge in [-0.15, -0.1) is 0 Å². The molecule has 1 aromatic heterocycles. The number of benzene rings is 1. The normalized spacial score (nSPS) is 17.2. The van der Waals surface area contributed by atoms with Crippen LogP contribution in [0.25, 0.3) is 0 Å². The highest BCUT2D eigenvalue weighted by Crippen LogP contribution is 2.30. The standard InChI is InChI=1S/C17H24N4.C5H4FN/c1-12-7-8-15-14(9-12)10-20-11-16(18)21(15)17(19)13-5-3-2-4-6-13;6-5-2-1-3-7-4-5/h7-9,13,18-20H,2-6,10-11H2,1H3;1-4H. The first kappa shape index (κ1) is 20.1. The maximum atomic E-state index is 11.8. The first-order valence-corrected chi connectivity index (χ1v) is 9.88. The quantitative estimate of drug-likeness (QED) is 0.497. The predicted octanol–water partition coefficient (Wildman–Crippen LogP) is 4.66. The average molecular weight is 381 g/mol. The molecule has 2 aliphatic rings. The van der Waals surface area contributed by atoms with Crippen LogP contribution in [0.15, 0.2) is 42.7 Å². The molecule has 148 valence electrons. The van der Waals surface area contributed by atoms with Gasteiger partial charge < -0.3 is 5.32 Å². The molecule has 0 spiro atoms. The van der Waals surface area contributed by atoms with Crippen LogP contribution in [-0.2, 0) is 6.54 Å². The van der Waals surface area contributed by atoms with Crippen molar-refractivity contribution in [2.45, 2.75) is 45.6 Å². The number of nitrogens with zero attached hydrogens (tertiary/aromatic N) is 2. The molecule has 0 unspecified atom stereocenters. The molecule has 2 heterocycles. The molecular formula is C22H28FN5. The van der Waals surface area contributed by atoms with Gasteiger partial charge in [0.15, 0.2) is 0 Å². The van der Waals surface area contributed by atoms with Crippen molar-refractivity contribution in [2.75, 3.05) is 11.4 Å². The molecule has 0 bridgehead atoms. The second kappa shape index (κ2) is 9.55. The molecule has 4 rings (SSSR count). The van der Waals surface area contributed by atoms with E-state index in [4.69, 9.17) is 10.8 Å². The second-order valence-corrected chi connectivity index (χ2v) is 7.41. The molecule has 0 amide bonds. The Balaban J connectivity index is 0.000000271. The Morgan fingerprint density at radius 1 is 1.18 bits per heavy atom. The molecule has 1 fully saturated rings. The number of halogens is 1. The zero-order chi connectivity index (χ0) is 19.9. The topological polar surface area (TPSA) is 75.9 Å². The molecule has 28 heavy (non-hydrogen) atoms. The van der Waals surface area contributed by atoms with E-state index in [0.717, 1.165) is 25.1 Å². The Hall–Kier alpha value is -2.60. The molecule has 5 nitrogen and oxygen atoms in total. The third-order valence-electron chi connectivity index (χ3n) is 5.21. The van der Waals surface area contributed by atoms with E-state index < -0.39 is 0 Å². The summed E-state index contributed by atoms with van der Waals surface area (Å²) in [7, 11) is 0. The molecule has 0 radical (unpaired) electrons. The summed E-state index contributed by atoms with van der Waals surface area (Å²) in [6, 6.07) is 9.23. The fraction of sp³-hybridized carbons (Fsp3) is 0.409. The zero-order valence-corrected chi connectivity index (χ0v) is 16.3. The molecule has 1 aliphatic carbocycles. The summed E-state index contributed by atoms with van der Waals surface area (Å²) in [4.78, 5) is 5.39. The van der Waals surface area contributed by atoms with Crippen LogP contribution in [0.2, 0.25) is 0 Å². The summed E-state index contributed by atoms with van der Waals surface area (Å²) in [5.74, 6) is 1.13. The largest absolute Gasteiger partial charge is 0.306 e. The van der Waals surface area contributed by atoms with Crippen LogP contribution in [0.3, 0.4) is 0 Å². The van der Waals surface area contributed by atoms with Gasteiger partial charge >= 0.3 is 0 Å². The number of hydrogen-bond acceptors (Lipinski definition) is 4. The van der Waals surface area contributed by atoms with Gasteiger partial charge in [0.25, 0.3) is 0 Å². The minimum atomic E-state index is -0.289. The fourth-order valence-corrected chi connectivity index (χ4v) is 3.79. The predicted molar refractivity (Wildman–Crippen MR) is 112 cm³/mol. The maximum absolute atomic E-state index is 11.8. The van der Waals surface area contributed by atoms with Gasteiger partial charge in [0.05, 0.1) is 18.4 Å². The van der Waals surface area contributed by atoms with Crippen LogP contribution >= 0.6 is 0 Å². The van der Waals surface area contributed by atoms with E-state index in [9.17, 15) is 4.39 Å². The van der Waals surface area contributed by atoms with E-state index in [1.165, 1.54) is 48.8 Å². The van der Waals surface area contributed by atoms with Crippen LogP contribution in [-0.4, -0.2) is 23.2 Å². The number of pyridine rings is 1. The fourth-order valence-electron chi connectivity index (χ4n) is 3.79. The van der Waals surface area contributed by atoms with Crippen molar-refractivity contribution in [1.29, 1.82) is 10.8 Å². The van der Waals surface area contributed by atoms with Gasteiger partial charge in [-0.1, -0.05) is 37.0 Å². The summed E-state index contributed by atoms with van der Waals surface area (Å²) >= 11 is 0. The number of rotatable bonds is 1. The van der Waals surface area contributed by atoms with Crippen LogP contribution in [0.1, 0.15) is 43.2 Å². The molecule has 1 saturated carbocycles. The monoisotopic (exact) mass is 381 g/mol. The molecule has 1 aromatic carbocycles. The van der Waals surface area contributed by atoms with Crippen molar-refractivity contribution in [3.05, 3.63) is 59.7 Å². The van der Waals surface area contributed by atoms with Crippen molar-refractivity contribution in [3.8, 4) is 0 Å². The third kappa shape index (κ3) is 5.01. The lowest BCUT2D eigenvalue weighted by Crippen LogP contribution is -2.43. The number of anilines is 1. The minimum Gasteiger partial charge on any atom is -0.306 e. The lowest BCUT2D eigenvalue weighted by molar-refractivity contribution is 0.436. The van der Waals surface area contributed by atoms with Gasteiger partial charge in [0.2, 0.25) is 0 Å². The third-order valence-corrected chi connectivity index (χ3v) is 5.21. The maximum Gasteiger partial charge on any atom is 0.141 e. The SMILES string of the molecule is Cc1ccc2c(c1)CNCC(=N)N2C(=N)C1CCCCC1.Fc1cccnc1. The van der Waals surface area contributed by atoms with Crippen molar-refractivity contribution in [1.82, 2.24) is 10.3 Å². The van der Waals surface area contributed by atoms with Crippen LogP contribution < -0.4 is 10.2 Å². The van der Waals surface area contributed by atoms with E-state index in [0.29, 0.717) is 24.1 Å². The highest BCUT2D eigenvalue weighted by Gasteiger charge is 2.28. The smallest absolute Gasteiger partial charge is 0.141 e. The summed E-state index contributed by atoms with van der Waals surface area (Å²) in [5.41, 5.74) is 3.44. The minimum absolute atomic E-state index is 0.289. The molecule has 3 N–H and O–H groups in total. The lowest BCUT2D eigenvalue weighted by Gasteiger charge is -2.32. The Kier molecular flexibility index (Phi) is 6.87. The number of nitrogens with one attached hydrogen (secondary N) is 3. The lowest BCUT2D eigenvalue weighted by atomic mass is 9.87. The van der Waals surface area contributed by atoms with Gasteiger partial charge in [-0.05, 0) is 43.5 Å². The molecule has 0 atom stereocenters. The summed E-state index contributed by atoms with van der Waals surface area (Å²) < 4.78 is 11.8. The summed E-state index contributed by atoms with van der Waals surface area (Å²) in [6.07, 6.45) is 8.61. The Morgan fingerprint density at radius 2 is 1.96 bits per heavy atom. The van der Waals surface area contributed by atoms with Crippen LogP contribution in [0.5, 0.6) is 0 Å². The van der Waals surface area contributed by atoms with Crippen LogP contribution in [0, 0.1) is 29.5 Å². The zero-order valence-electron chi connectivity index (χ0n) is 16.3. The van der Waals surface area contributed by atoms with E-state index in [-0.39, 0.29) is 5.82 Å². The number of fused-ring (bicyclic) bond motifs is 1. The molecule has 2 aromatic rings. The van der Waals surface area contributed by atoms with E-state index in [1.807, 2.05) is 4.90 Å². The van der Waals surface area contributed by atoms with E-state index in [2.05, 4.69) is 35.4 Å². The highest BCUT2D eigenvalue weighted by molar-refractivity contribution is 6.19. The molecule has 6 heteroatoms. The van der Waals surface area contributed by atoms with Gasteiger partial charge in [0, 0.05) is 18.7 Å². The van der Waals surface area contributed by atoms with E-state index in [1.54, 1.807) is 6.07 Å². The molecule has 0 saturated heterocycles. The van der Waals surface area contributed by atoms with Gasteiger partial charge in [-0.2, -0.15) is 0 Å². The van der Waals surface area contributed by atoms with Gasteiger partial charge in [-0.25, -0.2) is 4.39 Å². The van der Waals surface area contributed by atoms with Crippen LogP contribution in [0.4, 0.5) is 10.1 Å².